The first-order valence-electron chi connectivity index (χ1n) is 10.3. The van der Waals surface area contributed by atoms with Crippen molar-refractivity contribution < 1.29 is 0 Å². The smallest absolute Gasteiger partial charge is 0.00574 e. The molecule has 0 amide bonds. The van der Waals surface area contributed by atoms with Crippen LogP contribution in [0.2, 0.25) is 0 Å². The molecule has 2 aliphatic carbocycles. The molecule has 26 heavy (non-hydrogen) atoms. The number of allylic oxidation sites excluding steroid dienone is 1. The zero-order chi connectivity index (χ0) is 18.4. The molecule has 2 aliphatic rings. The average molecular weight is 345 g/mol. The molecule has 0 radical (unpaired) electrons. The van der Waals surface area contributed by atoms with Crippen molar-refractivity contribution in [1.82, 2.24) is 0 Å². The maximum Gasteiger partial charge on any atom is -0.00574 e. The number of fused-ring (bicyclic) bond motifs is 1. The van der Waals surface area contributed by atoms with Gasteiger partial charge >= 0.3 is 0 Å². The Morgan fingerprint density at radius 2 is 1.65 bits per heavy atom. The fourth-order valence-electron chi connectivity index (χ4n) is 4.97. The van der Waals surface area contributed by atoms with E-state index in [0.29, 0.717) is 5.41 Å². The van der Waals surface area contributed by atoms with Crippen LogP contribution in [0.3, 0.4) is 0 Å². The summed E-state index contributed by atoms with van der Waals surface area (Å²) in [5.74, 6) is 0. The minimum absolute atomic E-state index is 0.155. The molecule has 1 saturated carbocycles. The van der Waals surface area contributed by atoms with Crippen molar-refractivity contribution in [3.05, 3.63) is 64.7 Å². The van der Waals surface area contributed by atoms with E-state index in [0.717, 1.165) is 6.42 Å². The minimum Gasteiger partial charge on any atom is -0.0648 e. The van der Waals surface area contributed by atoms with Gasteiger partial charge in [-0.3, -0.25) is 0 Å². The van der Waals surface area contributed by atoms with Crippen molar-refractivity contribution >= 4 is 6.08 Å². The first kappa shape index (κ1) is 17.6. The summed E-state index contributed by atoms with van der Waals surface area (Å²) < 4.78 is 0. The molecule has 0 heterocycles. The maximum absolute atomic E-state index is 2.53. The lowest BCUT2D eigenvalue weighted by Crippen LogP contribution is -2.28. The molecule has 1 fully saturated rings. The van der Waals surface area contributed by atoms with Crippen molar-refractivity contribution in [3.63, 3.8) is 0 Å². The summed E-state index contributed by atoms with van der Waals surface area (Å²) in [5, 5.41) is 0. The van der Waals surface area contributed by atoms with Crippen molar-refractivity contribution in [2.75, 3.05) is 0 Å². The van der Waals surface area contributed by atoms with Gasteiger partial charge in [-0.05, 0) is 64.3 Å². The lowest BCUT2D eigenvalue weighted by Gasteiger charge is -2.42. The minimum atomic E-state index is 0.155. The number of hydrogen-bond acceptors (Lipinski definition) is 0. The van der Waals surface area contributed by atoms with Gasteiger partial charge in [0.05, 0.1) is 0 Å². The van der Waals surface area contributed by atoms with Crippen molar-refractivity contribution in [3.8, 4) is 11.1 Å². The van der Waals surface area contributed by atoms with Gasteiger partial charge in [0.2, 0.25) is 0 Å². The van der Waals surface area contributed by atoms with E-state index in [1.165, 1.54) is 59.9 Å². The highest BCUT2D eigenvalue weighted by Gasteiger charge is 2.36. The first-order valence-corrected chi connectivity index (χ1v) is 10.3. The Bertz CT molecular complexity index is 835. The summed E-state index contributed by atoms with van der Waals surface area (Å²) in [7, 11) is 0. The Balaban J connectivity index is 1.74. The van der Waals surface area contributed by atoms with Gasteiger partial charge in [-0.2, -0.15) is 0 Å². The third kappa shape index (κ3) is 3.04. The second-order valence-electron chi connectivity index (χ2n) is 9.54. The Kier molecular flexibility index (Phi) is 4.34. The lowest BCUT2D eigenvalue weighted by atomic mass is 9.63. The Hall–Kier alpha value is -1.82. The van der Waals surface area contributed by atoms with E-state index in [2.05, 4.69) is 76.2 Å². The predicted octanol–water partition coefficient (Wildman–Crippen LogP) is 7.56. The van der Waals surface area contributed by atoms with E-state index in [9.17, 15) is 0 Å². The van der Waals surface area contributed by atoms with E-state index < -0.39 is 0 Å². The normalized spacial score (nSPS) is 18.2. The second-order valence-corrected chi connectivity index (χ2v) is 9.54. The predicted molar refractivity (Wildman–Crippen MR) is 113 cm³/mol. The first-order chi connectivity index (χ1) is 12.4. The molecule has 0 aromatic heterocycles. The van der Waals surface area contributed by atoms with Gasteiger partial charge in [0, 0.05) is 0 Å². The Labute approximate surface area is 159 Å². The highest BCUT2D eigenvalue weighted by Crippen LogP contribution is 2.50. The molecule has 0 nitrogen and oxygen atoms in total. The summed E-state index contributed by atoms with van der Waals surface area (Å²) in [6, 6.07) is 15.9. The fourth-order valence-corrected chi connectivity index (χ4v) is 4.97. The Morgan fingerprint density at radius 1 is 0.923 bits per heavy atom. The summed E-state index contributed by atoms with van der Waals surface area (Å²) in [5.41, 5.74) is 9.68. The molecule has 0 bridgehead atoms. The molecule has 0 unspecified atom stereocenters. The molecular formula is C26H32. The van der Waals surface area contributed by atoms with Gasteiger partial charge in [-0.1, -0.05) is 94.7 Å². The van der Waals surface area contributed by atoms with Crippen LogP contribution in [-0.4, -0.2) is 0 Å². The highest BCUT2D eigenvalue weighted by molar-refractivity contribution is 5.82. The van der Waals surface area contributed by atoms with Crippen molar-refractivity contribution in [1.29, 1.82) is 0 Å². The largest absolute Gasteiger partial charge is 0.0648 e. The molecule has 0 N–H and O–H groups in total. The lowest BCUT2D eigenvalue weighted by molar-refractivity contribution is 0.127. The van der Waals surface area contributed by atoms with Crippen molar-refractivity contribution in [2.24, 2.45) is 5.41 Å². The van der Waals surface area contributed by atoms with E-state index in [4.69, 9.17) is 0 Å². The van der Waals surface area contributed by atoms with Crippen LogP contribution in [0.25, 0.3) is 17.2 Å². The average Bonchev–Trinajstić information content (AvgIpc) is 3.00. The zero-order valence-electron chi connectivity index (χ0n) is 16.9. The number of benzene rings is 2. The quantitative estimate of drug-likeness (QED) is 0.537. The molecule has 0 aliphatic heterocycles. The molecular weight excluding hydrogens is 312 g/mol. The van der Waals surface area contributed by atoms with Gasteiger partial charge in [-0.15, -0.1) is 0 Å². The summed E-state index contributed by atoms with van der Waals surface area (Å²) in [6.45, 7) is 9.33. The van der Waals surface area contributed by atoms with E-state index in [1.54, 1.807) is 5.57 Å². The molecule has 4 rings (SSSR count). The van der Waals surface area contributed by atoms with Crippen LogP contribution < -0.4 is 0 Å². The van der Waals surface area contributed by atoms with Crippen molar-refractivity contribution in [2.45, 2.75) is 71.6 Å². The summed E-state index contributed by atoms with van der Waals surface area (Å²) >= 11 is 0. The van der Waals surface area contributed by atoms with Crippen LogP contribution in [0.1, 0.15) is 76.5 Å². The molecule has 0 spiro atoms. The second kappa shape index (κ2) is 6.41. The highest BCUT2D eigenvalue weighted by atomic mass is 14.4. The van der Waals surface area contributed by atoms with E-state index in [1.807, 2.05) is 0 Å². The maximum atomic E-state index is 2.53. The third-order valence-corrected chi connectivity index (χ3v) is 6.75. The zero-order valence-corrected chi connectivity index (χ0v) is 16.9. The van der Waals surface area contributed by atoms with Crippen LogP contribution in [-0.2, 0) is 11.8 Å². The van der Waals surface area contributed by atoms with Crippen LogP contribution in [0, 0.1) is 5.41 Å². The molecule has 0 heteroatoms. The molecule has 2 aromatic carbocycles. The Morgan fingerprint density at radius 3 is 2.31 bits per heavy atom. The van der Waals surface area contributed by atoms with Gasteiger partial charge in [0.15, 0.2) is 0 Å². The summed E-state index contributed by atoms with van der Waals surface area (Å²) in [6.07, 6.45) is 10.6. The molecule has 0 saturated heterocycles. The topological polar surface area (TPSA) is 0 Å². The standard InChI is InChI=1S/C26H32/c1-5-26(14-9-15-26)18-19-16-20-10-8-12-21(23(20)17-19)22-11-6-7-13-24(22)25(2,3)4/h6-8,10-13,17H,5,9,14-16,18H2,1-4H3. The van der Waals surface area contributed by atoms with Gasteiger partial charge in [-0.25, -0.2) is 0 Å². The van der Waals surface area contributed by atoms with Crippen LogP contribution in [0.5, 0.6) is 0 Å². The van der Waals surface area contributed by atoms with E-state index in [-0.39, 0.29) is 5.41 Å². The van der Waals surface area contributed by atoms with Gasteiger partial charge in [0.25, 0.3) is 0 Å². The number of rotatable bonds is 4. The third-order valence-electron chi connectivity index (χ3n) is 6.75. The summed E-state index contributed by atoms with van der Waals surface area (Å²) in [4.78, 5) is 0. The molecule has 0 atom stereocenters. The SMILES string of the molecule is CCC1(CC2=Cc3c(cccc3-c3ccccc3C(C)(C)C)C2)CCC1. The monoisotopic (exact) mass is 344 g/mol. The number of hydrogen-bond donors (Lipinski definition) is 0. The van der Waals surface area contributed by atoms with Crippen LogP contribution >= 0.6 is 0 Å². The van der Waals surface area contributed by atoms with E-state index >= 15 is 0 Å². The fraction of sp³-hybridized carbons (Fsp3) is 0.462. The van der Waals surface area contributed by atoms with Gasteiger partial charge in [0.1, 0.15) is 0 Å². The van der Waals surface area contributed by atoms with Crippen LogP contribution in [0.15, 0.2) is 48.0 Å². The molecule has 2 aromatic rings. The van der Waals surface area contributed by atoms with Crippen LogP contribution in [0.4, 0.5) is 0 Å². The van der Waals surface area contributed by atoms with Gasteiger partial charge < -0.3 is 0 Å². The molecule has 136 valence electrons.